The number of carbonyl (C=O) groups is 2. The molecule has 1 N–H and O–H groups in total. The molecule has 1 amide bonds. The van der Waals surface area contributed by atoms with Crippen LogP contribution in [0.3, 0.4) is 0 Å². The maximum absolute atomic E-state index is 11.7. The molecule has 19 heavy (non-hydrogen) atoms. The predicted octanol–water partition coefficient (Wildman–Crippen LogP) is 2.18. The number of benzene rings is 1. The highest BCUT2D eigenvalue weighted by molar-refractivity contribution is 6.43. The predicted molar refractivity (Wildman–Crippen MR) is 70.0 cm³/mol. The number of hydrogen-bond donors (Lipinski definition) is 1. The van der Waals surface area contributed by atoms with E-state index in [0.29, 0.717) is 0 Å². The molecule has 0 unspecified atom stereocenters. The summed E-state index contributed by atoms with van der Waals surface area (Å²) in [7, 11) is 0. The van der Waals surface area contributed by atoms with Crippen molar-refractivity contribution >= 4 is 35.1 Å². The van der Waals surface area contributed by atoms with Crippen LogP contribution in [0.25, 0.3) is 0 Å². The van der Waals surface area contributed by atoms with Crippen LogP contribution in [0.5, 0.6) is 0 Å². The number of hydrogen-bond acceptors (Lipinski definition) is 4. The molecule has 0 atom stereocenters. The van der Waals surface area contributed by atoms with Crippen LogP contribution in [0, 0.1) is 11.3 Å². The summed E-state index contributed by atoms with van der Waals surface area (Å²) < 4.78 is 4.78. The van der Waals surface area contributed by atoms with E-state index in [9.17, 15) is 9.59 Å². The highest BCUT2D eigenvalue weighted by atomic mass is 35.5. The third kappa shape index (κ3) is 4.78. The van der Waals surface area contributed by atoms with E-state index >= 15 is 0 Å². The average molecular weight is 301 g/mol. The van der Waals surface area contributed by atoms with E-state index in [1.807, 2.05) is 6.07 Å². The smallest absolute Gasteiger partial charge is 0.340 e. The molecule has 0 aliphatic carbocycles. The van der Waals surface area contributed by atoms with Crippen molar-refractivity contribution in [3.8, 4) is 6.07 Å². The van der Waals surface area contributed by atoms with Crippen molar-refractivity contribution in [3.05, 3.63) is 33.8 Å². The second-order valence-electron chi connectivity index (χ2n) is 3.44. The minimum absolute atomic E-state index is 0.0825. The number of rotatable bonds is 5. The Hall–Kier alpha value is -1.77. The summed E-state index contributed by atoms with van der Waals surface area (Å²) in [6.07, 6.45) is 0.194. The molecule has 5 nitrogen and oxygen atoms in total. The van der Waals surface area contributed by atoms with Gasteiger partial charge in [-0.15, -0.1) is 0 Å². The van der Waals surface area contributed by atoms with Crippen LogP contribution < -0.4 is 5.32 Å². The van der Waals surface area contributed by atoms with Gasteiger partial charge >= 0.3 is 5.97 Å². The van der Waals surface area contributed by atoms with Gasteiger partial charge in [-0.2, -0.15) is 5.26 Å². The fourth-order valence-electron chi connectivity index (χ4n) is 1.18. The fourth-order valence-corrected chi connectivity index (χ4v) is 1.56. The molecule has 0 saturated carbocycles. The Labute approximate surface area is 120 Å². The SMILES string of the molecule is N#CCCNC(=O)COC(=O)c1cccc(Cl)c1Cl. The molecule has 0 spiro atoms. The van der Waals surface area contributed by atoms with Crippen molar-refractivity contribution < 1.29 is 14.3 Å². The maximum atomic E-state index is 11.7. The molecule has 0 saturated heterocycles. The second-order valence-corrected chi connectivity index (χ2v) is 4.22. The van der Waals surface area contributed by atoms with Crippen LogP contribution in [-0.2, 0) is 9.53 Å². The van der Waals surface area contributed by atoms with Crippen molar-refractivity contribution in [2.24, 2.45) is 0 Å². The zero-order valence-corrected chi connectivity index (χ0v) is 11.3. The first-order chi connectivity index (χ1) is 9.06. The van der Waals surface area contributed by atoms with Gasteiger partial charge in [0.15, 0.2) is 6.61 Å². The molecule has 0 aromatic heterocycles. The van der Waals surface area contributed by atoms with Gasteiger partial charge in [-0.25, -0.2) is 4.79 Å². The van der Waals surface area contributed by atoms with E-state index in [-0.39, 0.29) is 28.6 Å². The summed E-state index contributed by atoms with van der Waals surface area (Å²) >= 11 is 11.6. The van der Waals surface area contributed by atoms with Gasteiger partial charge in [0, 0.05) is 6.54 Å². The summed E-state index contributed by atoms with van der Waals surface area (Å²) in [6.45, 7) is -0.224. The Morgan fingerprint density at radius 1 is 1.37 bits per heavy atom. The lowest BCUT2D eigenvalue weighted by molar-refractivity contribution is -0.124. The monoisotopic (exact) mass is 300 g/mol. The third-order valence-electron chi connectivity index (χ3n) is 2.06. The Kier molecular flexibility index (Phi) is 6.13. The van der Waals surface area contributed by atoms with E-state index in [4.69, 9.17) is 33.2 Å². The number of halogens is 2. The number of amides is 1. The van der Waals surface area contributed by atoms with Gasteiger partial charge in [-0.3, -0.25) is 4.79 Å². The number of esters is 1. The first kappa shape index (κ1) is 15.3. The lowest BCUT2D eigenvalue weighted by atomic mass is 10.2. The molecule has 0 radical (unpaired) electrons. The Morgan fingerprint density at radius 3 is 2.79 bits per heavy atom. The fraction of sp³-hybridized carbons (Fsp3) is 0.250. The van der Waals surface area contributed by atoms with E-state index in [0.717, 1.165) is 0 Å². The van der Waals surface area contributed by atoms with Crippen LogP contribution in [-0.4, -0.2) is 25.0 Å². The van der Waals surface area contributed by atoms with E-state index in [2.05, 4.69) is 5.32 Å². The number of carbonyl (C=O) groups excluding carboxylic acids is 2. The lowest BCUT2D eigenvalue weighted by Crippen LogP contribution is -2.29. The van der Waals surface area contributed by atoms with Crippen LogP contribution in [0.4, 0.5) is 0 Å². The maximum Gasteiger partial charge on any atom is 0.340 e. The van der Waals surface area contributed by atoms with Crippen molar-refractivity contribution in [2.75, 3.05) is 13.2 Å². The van der Waals surface area contributed by atoms with Crippen LogP contribution >= 0.6 is 23.2 Å². The first-order valence-electron chi connectivity index (χ1n) is 5.31. The molecule has 0 fully saturated rings. The normalized spacial score (nSPS) is 9.53. The third-order valence-corrected chi connectivity index (χ3v) is 2.88. The highest BCUT2D eigenvalue weighted by Gasteiger charge is 2.15. The van der Waals surface area contributed by atoms with Crippen LogP contribution in [0.2, 0.25) is 10.0 Å². The number of nitrogens with zero attached hydrogens (tertiary/aromatic N) is 1. The summed E-state index contributed by atoms with van der Waals surface area (Å²) in [4.78, 5) is 22.9. The number of nitrogens with one attached hydrogen (secondary N) is 1. The lowest BCUT2D eigenvalue weighted by Gasteiger charge is -2.07. The molecular weight excluding hydrogens is 291 g/mol. The van der Waals surface area contributed by atoms with Gasteiger partial charge in [0.1, 0.15) is 0 Å². The van der Waals surface area contributed by atoms with Gasteiger partial charge in [0.2, 0.25) is 0 Å². The zero-order chi connectivity index (χ0) is 14.3. The average Bonchev–Trinajstić information content (AvgIpc) is 2.39. The molecule has 0 aliphatic heterocycles. The molecule has 1 rings (SSSR count). The van der Waals surface area contributed by atoms with E-state index < -0.39 is 18.5 Å². The van der Waals surface area contributed by atoms with Crippen LogP contribution in [0.15, 0.2) is 18.2 Å². The Morgan fingerprint density at radius 2 is 2.11 bits per heavy atom. The Bertz CT molecular complexity index is 526. The van der Waals surface area contributed by atoms with E-state index in [1.165, 1.54) is 12.1 Å². The second kappa shape index (κ2) is 7.62. The zero-order valence-electron chi connectivity index (χ0n) is 9.78. The molecule has 0 bridgehead atoms. The molecule has 0 aliphatic rings. The van der Waals surface area contributed by atoms with Gasteiger partial charge in [0.25, 0.3) is 5.91 Å². The molecule has 0 heterocycles. The van der Waals surface area contributed by atoms with Gasteiger partial charge < -0.3 is 10.1 Å². The standard InChI is InChI=1S/C12H10Cl2N2O3/c13-9-4-1-3-8(11(9)14)12(18)19-7-10(17)16-6-2-5-15/h1,3-4H,2,6-7H2,(H,16,17). The summed E-state index contributed by atoms with van der Waals surface area (Å²) in [6, 6.07) is 6.41. The summed E-state index contributed by atoms with van der Waals surface area (Å²) in [5.41, 5.74) is 0.0963. The van der Waals surface area contributed by atoms with Crippen molar-refractivity contribution in [2.45, 2.75) is 6.42 Å². The van der Waals surface area contributed by atoms with Crippen LogP contribution in [0.1, 0.15) is 16.8 Å². The summed E-state index contributed by atoms with van der Waals surface area (Å²) in [5, 5.41) is 11.0. The highest BCUT2D eigenvalue weighted by Crippen LogP contribution is 2.25. The number of nitriles is 1. The molecule has 7 heteroatoms. The molecule has 100 valence electrons. The van der Waals surface area contributed by atoms with Crippen molar-refractivity contribution in [1.29, 1.82) is 5.26 Å². The first-order valence-corrected chi connectivity index (χ1v) is 6.06. The van der Waals surface area contributed by atoms with Gasteiger partial charge in [-0.05, 0) is 12.1 Å². The molecule has 1 aromatic carbocycles. The minimum atomic E-state index is -0.733. The summed E-state index contributed by atoms with van der Waals surface area (Å²) in [5.74, 6) is -1.22. The van der Waals surface area contributed by atoms with Crippen molar-refractivity contribution in [1.82, 2.24) is 5.32 Å². The Balaban J connectivity index is 2.50. The number of ether oxygens (including phenoxy) is 1. The molecular formula is C12H10Cl2N2O3. The minimum Gasteiger partial charge on any atom is -0.452 e. The topological polar surface area (TPSA) is 79.2 Å². The quantitative estimate of drug-likeness (QED) is 0.668. The van der Waals surface area contributed by atoms with E-state index in [1.54, 1.807) is 6.07 Å². The molecule has 1 aromatic rings. The van der Waals surface area contributed by atoms with Crippen molar-refractivity contribution in [3.63, 3.8) is 0 Å². The largest absolute Gasteiger partial charge is 0.452 e. The van der Waals surface area contributed by atoms with Gasteiger partial charge in [0.05, 0.1) is 28.1 Å². The van der Waals surface area contributed by atoms with Gasteiger partial charge in [-0.1, -0.05) is 29.3 Å².